The van der Waals surface area contributed by atoms with Crippen molar-refractivity contribution in [1.82, 2.24) is 10.9 Å². The number of nitrogens with one attached hydrogen (secondary N) is 2. The zero-order chi connectivity index (χ0) is 24.4. The molecule has 1 aromatic rings. The predicted molar refractivity (Wildman–Crippen MR) is 103 cm³/mol. The van der Waals surface area contributed by atoms with Gasteiger partial charge in [-0.05, 0) is 0 Å². The Labute approximate surface area is 177 Å². The monoisotopic (exact) mass is 455 g/mol. The lowest BCUT2D eigenvalue weighted by Gasteiger charge is -2.05. The first-order chi connectivity index (χ1) is 15.1. The fraction of sp³-hybridized carbons (Fsp3) is 0.400. The third kappa shape index (κ3) is 6.97. The number of hydrogen-bond acceptors (Lipinski definition) is 14. The Bertz CT molecular complexity index is 1110. The molecule has 17 heteroatoms. The quantitative estimate of drug-likeness (QED) is 0.128. The molecule has 0 heterocycles. The number of azo groups is 1. The summed E-state index contributed by atoms with van der Waals surface area (Å²) in [7, 11) is 0. The smallest absolute Gasteiger partial charge is 0.283 e. The number of rotatable bonds is 9. The van der Waals surface area contributed by atoms with Gasteiger partial charge in [0.05, 0.1) is 19.8 Å². The molecule has 0 aliphatic heterocycles. The van der Waals surface area contributed by atoms with Crippen LogP contribution in [0.2, 0.25) is 0 Å². The second-order valence-electron chi connectivity index (χ2n) is 6.00. The molecule has 0 radical (unpaired) electrons. The van der Waals surface area contributed by atoms with Crippen molar-refractivity contribution in [3.63, 3.8) is 0 Å². The summed E-state index contributed by atoms with van der Waals surface area (Å²) in [5.74, 6) is -3.12. The van der Waals surface area contributed by atoms with Gasteiger partial charge >= 0.3 is 0 Å². The van der Waals surface area contributed by atoms with E-state index in [0.717, 1.165) is 6.07 Å². The molecule has 1 aromatic carbocycles. The highest BCUT2D eigenvalue weighted by Gasteiger charge is 2.15. The van der Waals surface area contributed by atoms with Crippen LogP contribution in [0.3, 0.4) is 0 Å². The first kappa shape index (κ1) is 26.4. The minimum atomic E-state index is -1.42. The van der Waals surface area contributed by atoms with Gasteiger partial charge in [0.15, 0.2) is 5.36 Å². The third-order valence-corrected chi connectivity index (χ3v) is 3.57. The van der Waals surface area contributed by atoms with E-state index in [1.165, 1.54) is 0 Å². The SMILES string of the molecule is N[C@@H](CO)C(=O)N=Nc1cc(=NNC(=O)[C@@H](N)CO)c(=O)c(=NNC(=O)[C@@H](N)CO)c1=O. The van der Waals surface area contributed by atoms with Crippen LogP contribution in [-0.4, -0.2) is 71.0 Å². The molecule has 3 amide bonds. The fourth-order valence-electron chi connectivity index (χ4n) is 1.68. The molecule has 0 aromatic heterocycles. The third-order valence-electron chi connectivity index (χ3n) is 3.57. The standard InChI is InChI=1S/C15H21N9O8/c16-5(2-25)13(30)22-19-8-1-9(20-23-14(31)6(17)3-26)12(29)10(11(8)28)21-24-15(32)7(18)4-27/h1,5-7,25-27H,2-4,16-18H2,(H,22,30)(H,24,32)/t5-,6-,7-/m0/s1. The van der Waals surface area contributed by atoms with E-state index in [0.29, 0.717) is 0 Å². The predicted octanol–water partition coefficient (Wildman–Crippen LogP) is -7.28. The van der Waals surface area contributed by atoms with Crippen molar-refractivity contribution in [3.8, 4) is 0 Å². The van der Waals surface area contributed by atoms with Gasteiger partial charge in [-0.25, -0.2) is 10.9 Å². The van der Waals surface area contributed by atoms with Gasteiger partial charge < -0.3 is 32.5 Å². The Morgan fingerprint density at radius 3 is 1.84 bits per heavy atom. The molecule has 1 rings (SSSR count). The molecule has 0 aliphatic carbocycles. The first-order valence-corrected chi connectivity index (χ1v) is 8.68. The van der Waals surface area contributed by atoms with Gasteiger partial charge in [-0.2, -0.15) is 10.2 Å². The molecule has 3 atom stereocenters. The van der Waals surface area contributed by atoms with Crippen LogP contribution < -0.4 is 49.6 Å². The minimum absolute atomic E-state index is 0.629. The highest BCUT2D eigenvalue weighted by Crippen LogP contribution is 2.00. The van der Waals surface area contributed by atoms with Crippen LogP contribution in [0.25, 0.3) is 0 Å². The summed E-state index contributed by atoms with van der Waals surface area (Å²) >= 11 is 0. The molecule has 32 heavy (non-hydrogen) atoms. The number of amides is 3. The maximum atomic E-state index is 12.5. The van der Waals surface area contributed by atoms with Crippen molar-refractivity contribution in [2.45, 2.75) is 18.1 Å². The van der Waals surface area contributed by atoms with Crippen LogP contribution in [0.4, 0.5) is 5.69 Å². The molecule has 0 unspecified atom stereocenters. The molecule has 174 valence electrons. The van der Waals surface area contributed by atoms with Crippen molar-refractivity contribution in [2.24, 2.45) is 37.6 Å². The van der Waals surface area contributed by atoms with E-state index in [1.807, 2.05) is 5.43 Å². The summed E-state index contributed by atoms with van der Waals surface area (Å²) in [5, 5.41) is 38.3. The number of carbonyl (C=O) groups is 3. The van der Waals surface area contributed by atoms with Gasteiger partial charge in [0.2, 0.25) is 10.9 Å². The molecule has 0 saturated carbocycles. The molecular formula is C15H21N9O8. The van der Waals surface area contributed by atoms with Gasteiger partial charge in [-0.1, -0.05) is 0 Å². The highest BCUT2D eigenvalue weighted by molar-refractivity contribution is 5.82. The Balaban J connectivity index is 3.60. The average molecular weight is 455 g/mol. The number of nitrogens with zero attached hydrogens (tertiary/aromatic N) is 4. The van der Waals surface area contributed by atoms with Crippen molar-refractivity contribution in [3.05, 3.63) is 37.2 Å². The van der Waals surface area contributed by atoms with E-state index in [1.54, 1.807) is 5.43 Å². The number of aliphatic hydroxyl groups is 3. The summed E-state index contributed by atoms with van der Waals surface area (Å²) in [4.78, 5) is 59.9. The fourth-order valence-corrected chi connectivity index (χ4v) is 1.68. The largest absolute Gasteiger partial charge is 0.394 e. The van der Waals surface area contributed by atoms with Crippen molar-refractivity contribution in [2.75, 3.05) is 19.8 Å². The first-order valence-electron chi connectivity index (χ1n) is 8.68. The molecule has 0 spiro atoms. The van der Waals surface area contributed by atoms with Crippen LogP contribution in [0, 0.1) is 0 Å². The Kier molecular flexibility index (Phi) is 10.2. The number of hydrogen-bond donors (Lipinski definition) is 8. The van der Waals surface area contributed by atoms with Gasteiger partial charge in [0.25, 0.3) is 17.7 Å². The van der Waals surface area contributed by atoms with Gasteiger partial charge in [0, 0.05) is 6.07 Å². The van der Waals surface area contributed by atoms with Crippen LogP contribution in [0.1, 0.15) is 0 Å². The van der Waals surface area contributed by atoms with E-state index in [-0.39, 0.29) is 0 Å². The maximum absolute atomic E-state index is 12.5. The molecule has 0 fully saturated rings. The Hall–Kier alpha value is -3.61. The van der Waals surface area contributed by atoms with Crippen LogP contribution in [-0.2, 0) is 14.4 Å². The second kappa shape index (κ2) is 12.3. The lowest BCUT2D eigenvalue weighted by molar-refractivity contribution is -0.124. The number of aliphatic hydroxyl groups excluding tert-OH is 3. The summed E-state index contributed by atoms with van der Waals surface area (Å²) in [6, 6.07) is -3.45. The van der Waals surface area contributed by atoms with Gasteiger partial charge in [-0.15, -0.1) is 10.2 Å². The lowest BCUT2D eigenvalue weighted by atomic mass is 10.2. The van der Waals surface area contributed by atoms with Crippen LogP contribution >= 0.6 is 0 Å². The lowest BCUT2D eigenvalue weighted by Crippen LogP contribution is -2.51. The number of carbonyl (C=O) groups excluding carboxylic acids is 3. The summed E-state index contributed by atoms with van der Waals surface area (Å²) in [6.45, 7) is -2.23. The molecule has 0 aliphatic rings. The van der Waals surface area contributed by atoms with E-state index < -0.39 is 82.9 Å². The van der Waals surface area contributed by atoms with Crippen LogP contribution in [0.15, 0.2) is 36.1 Å². The molecular weight excluding hydrogens is 434 g/mol. The Morgan fingerprint density at radius 1 is 0.844 bits per heavy atom. The van der Waals surface area contributed by atoms with Crippen molar-refractivity contribution >= 4 is 23.4 Å². The number of benzene rings is 1. The van der Waals surface area contributed by atoms with E-state index in [9.17, 15) is 24.0 Å². The summed E-state index contributed by atoms with van der Waals surface area (Å²) in [5.41, 5.74) is 16.5. The second-order valence-corrected chi connectivity index (χ2v) is 6.00. The van der Waals surface area contributed by atoms with Gasteiger partial charge in [-0.3, -0.25) is 24.0 Å². The van der Waals surface area contributed by atoms with Crippen molar-refractivity contribution in [1.29, 1.82) is 0 Å². The zero-order valence-electron chi connectivity index (χ0n) is 16.3. The summed E-state index contributed by atoms with van der Waals surface area (Å²) < 4.78 is 0. The van der Waals surface area contributed by atoms with Crippen LogP contribution in [0.5, 0.6) is 0 Å². The minimum Gasteiger partial charge on any atom is -0.394 e. The number of nitrogens with two attached hydrogens (primary N) is 3. The molecule has 0 saturated heterocycles. The van der Waals surface area contributed by atoms with Crippen molar-refractivity contribution < 1.29 is 29.7 Å². The normalized spacial score (nSPS) is 15.4. The van der Waals surface area contributed by atoms with E-state index in [2.05, 4.69) is 20.4 Å². The zero-order valence-corrected chi connectivity index (χ0v) is 16.3. The summed E-state index contributed by atoms with van der Waals surface area (Å²) in [6.07, 6.45) is 0. The Morgan fingerprint density at radius 2 is 1.34 bits per heavy atom. The highest BCUT2D eigenvalue weighted by atomic mass is 16.3. The topological polar surface area (TPSA) is 298 Å². The molecule has 17 nitrogen and oxygen atoms in total. The maximum Gasteiger partial charge on any atom is 0.283 e. The van der Waals surface area contributed by atoms with E-state index in [4.69, 9.17) is 32.5 Å². The van der Waals surface area contributed by atoms with Gasteiger partial charge in [0.1, 0.15) is 29.2 Å². The van der Waals surface area contributed by atoms with E-state index >= 15 is 0 Å². The molecule has 11 N–H and O–H groups in total. The molecule has 0 bridgehead atoms. The average Bonchev–Trinajstić information content (AvgIpc) is 2.80.